The van der Waals surface area contributed by atoms with E-state index in [9.17, 15) is 72.3 Å². The lowest BCUT2D eigenvalue weighted by Crippen LogP contribution is -2.03. The SMILES string of the molecule is Cc1cc(N=Nc2ccc3cc(Nc4ccc5c(O)c(N=Nc6cc(C)c(N=Nc7ccc(S(=O)(=O)O)cc7S(=O)(=O)O)cc6O)c(S(=O)(=O)O)cc5c4)ccc3c2O)c(O)cc1N=Nc1ccccc1S(=O)(=O)O. The Morgan fingerprint density at radius 1 is 0.373 bits per heavy atom. The molecule has 0 saturated carbocycles. The molecule has 29 heteroatoms. The second-order valence-corrected chi connectivity index (χ2v) is 21.6. The van der Waals surface area contributed by atoms with Crippen LogP contribution in [0.4, 0.5) is 56.9 Å². The highest BCUT2D eigenvalue weighted by atomic mass is 32.2. The van der Waals surface area contributed by atoms with E-state index in [0.29, 0.717) is 33.8 Å². The highest BCUT2D eigenvalue weighted by molar-refractivity contribution is 7.87. The molecule has 0 atom stereocenters. The van der Waals surface area contributed by atoms with Gasteiger partial charge < -0.3 is 25.7 Å². The molecule has 0 fully saturated rings. The lowest BCUT2D eigenvalue weighted by molar-refractivity contribution is 0.471. The van der Waals surface area contributed by atoms with Crippen LogP contribution >= 0.6 is 0 Å². The summed E-state index contributed by atoms with van der Waals surface area (Å²) in [6.45, 7) is 3.08. The first kappa shape index (κ1) is 52.6. The number of rotatable bonds is 14. The number of fused-ring (bicyclic) bond motifs is 2. The molecule has 9 N–H and O–H groups in total. The van der Waals surface area contributed by atoms with E-state index in [2.05, 4.69) is 46.2 Å². The Morgan fingerprint density at radius 3 is 1.40 bits per heavy atom. The third-order valence-electron chi connectivity index (χ3n) is 10.9. The predicted octanol–water partition coefficient (Wildman–Crippen LogP) is 11.8. The fraction of sp³-hybridized carbons (Fsp3) is 0.0435. The number of phenols is 4. The Balaban J connectivity index is 1.01. The Hall–Kier alpha value is -8.68. The van der Waals surface area contributed by atoms with Crippen molar-refractivity contribution < 1.29 is 72.3 Å². The Bertz CT molecular complexity index is 4310. The van der Waals surface area contributed by atoms with Crippen LogP contribution in [0.3, 0.4) is 0 Å². The van der Waals surface area contributed by atoms with Crippen molar-refractivity contribution >= 4 is 119 Å². The second-order valence-electron chi connectivity index (χ2n) is 16.1. The lowest BCUT2D eigenvalue weighted by Gasteiger charge is -2.12. The van der Waals surface area contributed by atoms with E-state index in [-0.39, 0.29) is 62.0 Å². The topological polar surface area (TPSA) is 409 Å². The average Bonchev–Trinajstić information content (AvgIpc) is 3.33. The Morgan fingerprint density at radius 2 is 0.840 bits per heavy atom. The third-order valence-corrected chi connectivity index (χ3v) is 14.4. The fourth-order valence-corrected chi connectivity index (χ4v) is 9.71. The molecule has 25 nitrogen and oxygen atoms in total. The van der Waals surface area contributed by atoms with Crippen LogP contribution in [0.2, 0.25) is 0 Å². The van der Waals surface area contributed by atoms with E-state index in [0.717, 1.165) is 30.3 Å². The molecule has 0 aliphatic carbocycles. The Kier molecular flexibility index (Phi) is 14.0. The number of nitrogens with one attached hydrogen (secondary N) is 1. The molecule has 8 rings (SSSR count). The summed E-state index contributed by atoms with van der Waals surface area (Å²) in [6.07, 6.45) is 0. The van der Waals surface area contributed by atoms with Crippen LogP contribution < -0.4 is 5.32 Å². The Labute approximate surface area is 424 Å². The number of benzene rings is 8. The highest BCUT2D eigenvalue weighted by Gasteiger charge is 2.24. The van der Waals surface area contributed by atoms with Gasteiger partial charge in [0.05, 0.1) is 16.3 Å². The molecule has 75 heavy (non-hydrogen) atoms. The van der Waals surface area contributed by atoms with Gasteiger partial charge in [0.15, 0.2) is 11.5 Å². The molecule has 8 aromatic carbocycles. The summed E-state index contributed by atoms with van der Waals surface area (Å²) in [4.78, 5) is -3.17. The van der Waals surface area contributed by atoms with Crippen LogP contribution in [-0.4, -0.2) is 72.3 Å². The van der Waals surface area contributed by atoms with Crippen LogP contribution in [0, 0.1) is 13.8 Å². The van der Waals surface area contributed by atoms with E-state index in [4.69, 9.17) is 0 Å². The van der Waals surface area contributed by atoms with Crippen LogP contribution in [-0.2, 0) is 40.5 Å². The maximum Gasteiger partial charge on any atom is 0.296 e. The molecule has 0 saturated heterocycles. The maximum absolute atomic E-state index is 12.7. The minimum Gasteiger partial charge on any atom is -0.506 e. The zero-order valence-electron chi connectivity index (χ0n) is 38.1. The van der Waals surface area contributed by atoms with Crippen LogP contribution in [0.1, 0.15) is 11.1 Å². The minimum absolute atomic E-state index is 0.0109. The summed E-state index contributed by atoms with van der Waals surface area (Å²) < 4.78 is 134. The zero-order valence-corrected chi connectivity index (χ0v) is 41.4. The molecule has 0 amide bonds. The van der Waals surface area contributed by atoms with E-state index in [1.165, 1.54) is 61.5 Å². The fourth-order valence-electron chi connectivity index (χ4n) is 7.19. The number of aryl methyl sites for hydroxylation is 2. The molecule has 0 aromatic heterocycles. The number of anilines is 2. The second kappa shape index (κ2) is 20.0. The van der Waals surface area contributed by atoms with Crippen molar-refractivity contribution in [2.24, 2.45) is 40.9 Å². The monoisotopic (exact) mass is 1100 g/mol. The lowest BCUT2D eigenvalue weighted by atomic mass is 10.1. The molecular weight excluding hydrogens is 1060 g/mol. The first-order chi connectivity index (χ1) is 35.1. The summed E-state index contributed by atoms with van der Waals surface area (Å²) in [6, 6.07) is 25.9. The van der Waals surface area contributed by atoms with Crippen molar-refractivity contribution in [1.82, 2.24) is 0 Å². The van der Waals surface area contributed by atoms with Crippen molar-refractivity contribution in [3.05, 3.63) is 132 Å². The molecule has 0 aliphatic rings. The molecule has 8 aromatic rings. The molecule has 0 unspecified atom stereocenters. The average molecular weight is 1100 g/mol. The summed E-state index contributed by atoms with van der Waals surface area (Å²) in [5.74, 6) is -1.95. The van der Waals surface area contributed by atoms with Crippen molar-refractivity contribution in [3.8, 4) is 23.0 Å². The van der Waals surface area contributed by atoms with E-state index < -0.39 is 82.9 Å². The summed E-state index contributed by atoms with van der Waals surface area (Å²) in [5.41, 5.74) is 0.0501. The van der Waals surface area contributed by atoms with Gasteiger partial charge in [0.2, 0.25) is 0 Å². The number of hydrogen-bond acceptors (Lipinski definition) is 21. The van der Waals surface area contributed by atoms with Gasteiger partial charge in [-0.1, -0.05) is 18.2 Å². The largest absolute Gasteiger partial charge is 0.506 e. The first-order valence-corrected chi connectivity index (χ1v) is 26.7. The van der Waals surface area contributed by atoms with Crippen molar-refractivity contribution in [2.45, 2.75) is 33.4 Å². The van der Waals surface area contributed by atoms with Gasteiger partial charge in [-0.25, -0.2) is 0 Å². The van der Waals surface area contributed by atoms with Crippen molar-refractivity contribution in [2.75, 3.05) is 5.32 Å². The van der Waals surface area contributed by atoms with Gasteiger partial charge in [-0.05, 0) is 127 Å². The first-order valence-electron chi connectivity index (χ1n) is 21.0. The predicted molar refractivity (Wildman–Crippen MR) is 269 cm³/mol. The molecule has 0 aliphatic heterocycles. The van der Waals surface area contributed by atoms with Gasteiger partial charge in [-0.3, -0.25) is 18.2 Å². The normalized spacial score (nSPS) is 12.8. The van der Waals surface area contributed by atoms with Gasteiger partial charge in [-0.15, -0.1) is 30.7 Å². The van der Waals surface area contributed by atoms with Gasteiger partial charge >= 0.3 is 0 Å². The molecule has 0 heterocycles. The smallest absolute Gasteiger partial charge is 0.296 e. The summed E-state index contributed by atoms with van der Waals surface area (Å²) in [7, 11) is -19.6. The number of hydrogen-bond donors (Lipinski definition) is 9. The number of phenolic OH excluding ortho intramolecular Hbond substituents is 4. The van der Waals surface area contributed by atoms with Crippen LogP contribution in [0.5, 0.6) is 23.0 Å². The van der Waals surface area contributed by atoms with Crippen LogP contribution in [0.25, 0.3) is 21.5 Å². The molecule has 0 radical (unpaired) electrons. The van der Waals surface area contributed by atoms with E-state index in [1.807, 2.05) is 0 Å². The third kappa shape index (κ3) is 11.6. The maximum atomic E-state index is 12.7. The molecular formula is C46H35N9O16S4. The minimum atomic E-state index is -5.09. The van der Waals surface area contributed by atoms with Crippen molar-refractivity contribution in [1.29, 1.82) is 0 Å². The highest BCUT2D eigenvalue weighted by Crippen LogP contribution is 2.45. The number of azo groups is 4. The molecule has 0 bridgehead atoms. The van der Waals surface area contributed by atoms with Gasteiger partial charge in [-0.2, -0.15) is 43.9 Å². The van der Waals surface area contributed by atoms with E-state index >= 15 is 0 Å². The van der Waals surface area contributed by atoms with Crippen LogP contribution in [0.15, 0.2) is 182 Å². The zero-order chi connectivity index (χ0) is 54.4. The molecule has 0 spiro atoms. The number of aromatic hydroxyl groups is 4. The van der Waals surface area contributed by atoms with Gasteiger partial charge in [0, 0.05) is 34.3 Å². The van der Waals surface area contributed by atoms with E-state index in [1.54, 1.807) is 37.3 Å². The summed E-state index contributed by atoms with van der Waals surface area (Å²) >= 11 is 0. The quantitative estimate of drug-likeness (QED) is 0.0361. The van der Waals surface area contributed by atoms with Crippen molar-refractivity contribution in [3.63, 3.8) is 0 Å². The van der Waals surface area contributed by atoms with Gasteiger partial charge in [0.1, 0.15) is 60.3 Å². The number of nitrogens with zero attached hydrogens (tertiary/aromatic N) is 8. The van der Waals surface area contributed by atoms with Gasteiger partial charge in [0.25, 0.3) is 40.5 Å². The molecule has 384 valence electrons. The summed E-state index contributed by atoms with van der Waals surface area (Å²) in [5, 5.41) is 79.6. The standard InChI is InChI=1S/C46H35N9O16S4/c1-23-15-37(39(56)21-35(23)51-48-32-5-3-4-6-41(32)73(63,64)65)53-50-34-13-7-25-17-27(8-11-30(25)45(34)58)47-28-9-12-31-26(18-28)19-43(75(69,70)71)44(46(31)59)55-54-38-16-24(2)36(22-40(38)57)52-49-33-14-10-29(72(60,61)62)20-42(33)74(66,67)68/h3-22,47,56-59H,1-2H3,(H,60,61,62)(H,63,64,65)(H,66,67,68)(H,69,70,71).